The van der Waals surface area contributed by atoms with Gasteiger partial charge in [0.25, 0.3) is 0 Å². The maximum atomic E-state index is 2.68. The van der Waals surface area contributed by atoms with Gasteiger partial charge in [0.1, 0.15) is 0 Å². The van der Waals surface area contributed by atoms with E-state index in [1.54, 1.807) is 0 Å². The maximum Gasteiger partial charge on any atom is 0.0545 e. The van der Waals surface area contributed by atoms with Crippen molar-refractivity contribution >= 4 is 62.0 Å². The zero-order valence-electron chi connectivity index (χ0n) is 37.4. The molecule has 0 saturated heterocycles. The smallest absolute Gasteiger partial charge is 0.0545 e. The quantitative estimate of drug-likeness (QED) is 0.158. The largest absolute Gasteiger partial charge is 0.310 e. The second-order valence-electron chi connectivity index (χ2n) is 19.4. The first-order valence-electron chi connectivity index (χ1n) is 22.7. The third-order valence-corrected chi connectivity index (χ3v) is 14.7. The Morgan fingerprint density at radius 2 is 0.719 bits per heavy atom. The third kappa shape index (κ3) is 5.46. The van der Waals surface area contributed by atoms with E-state index >= 15 is 0 Å². The second kappa shape index (κ2) is 13.8. The van der Waals surface area contributed by atoms with Gasteiger partial charge in [-0.25, -0.2) is 0 Å². The number of nitrogens with zero attached hydrogens (tertiary/aromatic N) is 3. The first-order valence-corrected chi connectivity index (χ1v) is 22.7. The fraction of sp³-hybridized carbons (Fsp3) is 0.148. The van der Waals surface area contributed by atoms with Gasteiger partial charge in [-0.1, -0.05) is 163 Å². The van der Waals surface area contributed by atoms with Gasteiger partial charge in [0.15, 0.2) is 0 Å². The number of hydrogen-bond acceptors (Lipinski definition) is 3. The van der Waals surface area contributed by atoms with E-state index < -0.39 is 0 Å². The summed E-state index contributed by atoms with van der Waals surface area (Å²) >= 11 is 0. The Balaban J connectivity index is 1.06. The summed E-state index contributed by atoms with van der Waals surface area (Å²) < 4.78 is 0. The number of rotatable bonds is 7. The molecule has 0 spiro atoms. The summed E-state index contributed by atoms with van der Waals surface area (Å²) in [4.78, 5) is 7.50. The molecule has 0 fully saturated rings. The molecule has 0 aromatic heterocycles. The second-order valence-corrected chi connectivity index (χ2v) is 19.4. The molecular weight excluding hydrogens is 775 g/mol. The van der Waals surface area contributed by atoms with Crippen molar-refractivity contribution in [3.05, 3.63) is 234 Å². The van der Waals surface area contributed by atoms with Crippen LogP contribution >= 0.6 is 0 Å². The van der Waals surface area contributed by atoms with Gasteiger partial charge >= 0.3 is 0 Å². The third-order valence-electron chi connectivity index (χ3n) is 14.7. The predicted molar refractivity (Wildman–Crippen MR) is 270 cm³/mol. The van der Waals surface area contributed by atoms with Gasteiger partial charge in [-0.3, -0.25) is 0 Å². The van der Waals surface area contributed by atoms with Crippen LogP contribution in [0.4, 0.5) is 51.2 Å². The number of fused-ring (bicyclic) bond motifs is 1. The van der Waals surface area contributed by atoms with E-state index in [4.69, 9.17) is 0 Å². The Morgan fingerprint density at radius 3 is 1.27 bits per heavy atom. The molecule has 0 bridgehead atoms. The standard InChI is InChI=1S/C61H51N3/c1-59(2)49-29-19-30-50-56(49)64-57-51(59)36-42(40-32-34-46(35-33-40)63(45-26-14-9-15-27-45)55-31-18-21-41-20-16-17-28-48(41)55)37-52(57)61(5,6)54-39-47(38-53(58(54)64)60(50,3)4)62(43-22-10-7-11-23-43)44-24-12-8-13-25-44/h7-39H,1-6H3. The average molecular weight is 826 g/mol. The van der Waals surface area contributed by atoms with Crippen molar-refractivity contribution in [3.8, 4) is 11.1 Å². The van der Waals surface area contributed by atoms with Crippen molar-refractivity contribution in [1.29, 1.82) is 0 Å². The minimum atomic E-state index is -0.329. The first-order chi connectivity index (χ1) is 31.0. The van der Waals surface area contributed by atoms with Crippen LogP contribution in [0, 0.1) is 0 Å². The van der Waals surface area contributed by atoms with E-state index in [0.717, 1.165) is 28.4 Å². The molecule has 0 N–H and O–H groups in total. The molecule has 3 heteroatoms. The van der Waals surface area contributed by atoms with Gasteiger partial charge in [0, 0.05) is 50.1 Å². The van der Waals surface area contributed by atoms with Crippen molar-refractivity contribution in [2.75, 3.05) is 14.7 Å². The highest BCUT2D eigenvalue weighted by Crippen LogP contribution is 2.67. The molecule has 9 aromatic carbocycles. The maximum absolute atomic E-state index is 2.68. The van der Waals surface area contributed by atoms with E-state index in [9.17, 15) is 0 Å². The van der Waals surface area contributed by atoms with Crippen LogP contribution in [0.25, 0.3) is 21.9 Å². The first kappa shape index (κ1) is 38.3. The van der Waals surface area contributed by atoms with Crippen LogP contribution in [0.15, 0.2) is 200 Å². The summed E-state index contributed by atoms with van der Waals surface area (Å²) in [6.07, 6.45) is 0. The number of benzene rings is 9. The molecule has 64 heavy (non-hydrogen) atoms. The zero-order chi connectivity index (χ0) is 43.5. The van der Waals surface area contributed by atoms with E-state index in [2.05, 4.69) is 256 Å². The highest BCUT2D eigenvalue weighted by molar-refractivity contribution is 6.01. The summed E-state index contributed by atoms with van der Waals surface area (Å²) in [5.74, 6) is 0. The molecule has 0 aliphatic carbocycles. The Kier molecular flexibility index (Phi) is 8.28. The van der Waals surface area contributed by atoms with Crippen molar-refractivity contribution < 1.29 is 0 Å². The topological polar surface area (TPSA) is 9.72 Å². The Bertz CT molecular complexity index is 3250. The highest BCUT2D eigenvalue weighted by Gasteiger charge is 2.52. The average Bonchev–Trinajstić information content (AvgIpc) is 3.32. The van der Waals surface area contributed by atoms with Crippen molar-refractivity contribution in [1.82, 2.24) is 0 Å². The SMILES string of the molecule is CC1(C)c2cccc3c2N2c4c1cc(-c1ccc(N(c5ccccc5)c5cccc6ccccc56)cc1)cc4C(C)(C)c1cc(N(c4ccccc4)c4ccccc4)cc(c12)C3(C)C. The molecule has 0 amide bonds. The minimum absolute atomic E-state index is 0.237. The van der Waals surface area contributed by atoms with Gasteiger partial charge in [0.05, 0.1) is 22.7 Å². The summed E-state index contributed by atoms with van der Waals surface area (Å²) in [5, 5.41) is 2.45. The lowest BCUT2D eigenvalue weighted by atomic mass is 9.60. The lowest BCUT2D eigenvalue weighted by Crippen LogP contribution is -2.43. The van der Waals surface area contributed by atoms with E-state index in [-0.39, 0.29) is 16.2 Å². The zero-order valence-corrected chi connectivity index (χ0v) is 37.4. The summed E-state index contributed by atoms with van der Waals surface area (Å²) in [6, 6.07) is 74.0. The molecule has 3 aliphatic heterocycles. The van der Waals surface area contributed by atoms with Crippen LogP contribution < -0.4 is 14.7 Å². The van der Waals surface area contributed by atoms with Crippen LogP contribution in [0.1, 0.15) is 74.9 Å². The van der Waals surface area contributed by atoms with E-state index in [1.807, 2.05) is 0 Å². The predicted octanol–water partition coefficient (Wildman–Crippen LogP) is 16.8. The van der Waals surface area contributed by atoms with Gasteiger partial charge in [-0.15, -0.1) is 0 Å². The van der Waals surface area contributed by atoms with Crippen LogP contribution in [0.2, 0.25) is 0 Å². The molecule has 0 unspecified atom stereocenters. The van der Waals surface area contributed by atoms with Crippen LogP contribution in [0.5, 0.6) is 0 Å². The van der Waals surface area contributed by atoms with Crippen LogP contribution in [0.3, 0.4) is 0 Å². The van der Waals surface area contributed by atoms with Crippen LogP contribution in [-0.4, -0.2) is 0 Å². The van der Waals surface area contributed by atoms with Gasteiger partial charge in [-0.2, -0.15) is 0 Å². The highest BCUT2D eigenvalue weighted by atomic mass is 15.2. The lowest BCUT2D eigenvalue weighted by Gasteiger charge is -2.55. The van der Waals surface area contributed by atoms with Crippen molar-refractivity contribution in [2.45, 2.75) is 57.8 Å². The van der Waals surface area contributed by atoms with Crippen molar-refractivity contribution in [2.24, 2.45) is 0 Å². The normalized spacial score (nSPS) is 15.4. The summed E-state index contributed by atoms with van der Waals surface area (Å²) in [7, 11) is 0. The molecule has 0 radical (unpaired) electrons. The van der Waals surface area contributed by atoms with E-state index in [1.165, 1.54) is 78.0 Å². The minimum Gasteiger partial charge on any atom is -0.310 e. The number of hydrogen-bond donors (Lipinski definition) is 0. The Morgan fingerprint density at radius 1 is 0.312 bits per heavy atom. The number of anilines is 9. The van der Waals surface area contributed by atoms with Gasteiger partial charge < -0.3 is 14.7 Å². The number of para-hydroxylation sites is 4. The molecule has 0 atom stereocenters. The monoisotopic (exact) mass is 825 g/mol. The van der Waals surface area contributed by atoms with E-state index in [0.29, 0.717) is 0 Å². The lowest BCUT2D eigenvalue weighted by molar-refractivity contribution is 0.567. The molecule has 3 heterocycles. The molecule has 3 aliphatic rings. The molecule has 12 rings (SSSR count). The molecular formula is C61H51N3. The van der Waals surface area contributed by atoms with Gasteiger partial charge in [0.2, 0.25) is 0 Å². The summed E-state index contributed by atoms with van der Waals surface area (Å²) in [5.41, 5.74) is 20.8. The van der Waals surface area contributed by atoms with Crippen molar-refractivity contribution in [3.63, 3.8) is 0 Å². The molecule has 310 valence electrons. The Hall–Kier alpha value is -7.36. The fourth-order valence-electron chi connectivity index (χ4n) is 11.3. The summed E-state index contributed by atoms with van der Waals surface area (Å²) in [6.45, 7) is 14.7. The van der Waals surface area contributed by atoms with Gasteiger partial charge in [-0.05, 0) is 129 Å². The molecule has 0 saturated carbocycles. The van der Waals surface area contributed by atoms with Crippen LogP contribution in [-0.2, 0) is 16.2 Å². The Labute approximate surface area is 377 Å². The molecule has 3 nitrogen and oxygen atoms in total. The molecule has 9 aromatic rings. The fourth-order valence-corrected chi connectivity index (χ4v) is 11.3.